The summed E-state index contributed by atoms with van der Waals surface area (Å²) in [7, 11) is 3.92. The molecule has 3 heteroatoms. The van der Waals surface area contributed by atoms with Gasteiger partial charge in [0.15, 0.2) is 0 Å². The van der Waals surface area contributed by atoms with Crippen LogP contribution in [0.25, 0.3) is 0 Å². The minimum atomic E-state index is 1.06. The highest BCUT2D eigenvalue weighted by molar-refractivity contribution is 9.10. The molecule has 0 bridgehead atoms. The molecule has 2 rings (SSSR count). The van der Waals surface area contributed by atoms with Gasteiger partial charge in [-0.1, -0.05) is 22.0 Å². The lowest BCUT2D eigenvalue weighted by molar-refractivity contribution is 0.437. The van der Waals surface area contributed by atoms with Crippen molar-refractivity contribution in [3.8, 4) is 0 Å². The van der Waals surface area contributed by atoms with Crippen LogP contribution in [-0.4, -0.2) is 24.8 Å². The molecule has 0 fully saturated rings. The number of rotatable bonds is 1. The van der Waals surface area contributed by atoms with Gasteiger partial charge >= 0.3 is 0 Å². The quantitative estimate of drug-likeness (QED) is 0.702. The molecule has 0 unspecified atom stereocenters. The molecular formula is C11H13BrN2. The molecule has 14 heavy (non-hydrogen) atoms. The Hall–Kier alpha value is -0.830. The minimum Gasteiger partial charge on any atom is -0.303 e. The first-order chi connectivity index (χ1) is 6.66. The predicted octanol–water partition coefficient (Wildman–Crippen LogP) is 2.66. The average Bonchev–Trinajstić information content (AvgIpc) is 2.47. The molecule has 0 aromatic heterocycles. The van der Waals surface area contributed by atoms with Gasteiger partial charge in [-0.25, -0.2) is 0 Å². The molecule has 0 heterocycles. The lowest BCUT2D eigenvalue weighted by atomic mass is 10.1. The normalized spacial score (nSPS) is 17.2. The number of hydrogen-bond donors (Lipinski definition) is 0. The van der Waals surface area contributed by atoms with E-state index < -0.39 is 0 Å². The summed E-state index contributed by atoms with van der Waals surface area (Å²) in [6, 6.07) is 6.43. The van der Waals surface area contributed by atoms with E-state index in [0.29, 0.717) is 0 Å². The minimum absolute atomic E-state index is 1.06. The summed E-state index contributed by atoms with van der Waals surface area (Å²) >= 11 is 3.49. The molecule has 0 aliphatic heterocycles. The molecule has 1 aromatic carbocycles. The average molecular weight is 253 g/mol. The van der Waals surface area contributed by atoms with Crippen LogP contribution in [0.3, 0.4) is 0 Å². The van der Waals surface area contributed by atoms with Crippen LogP contribution in [0.4, 0.5) is 0 Å². The second-order valence-corrected chi connectivity index (χ2v) is 4.61. The van der Waals surface area contributed by atoms with Gasteiger partial charge in [-0.2, -0.15) is 5.10 Å². The molecule has 1 aliphatic rings. The Labute approximate surface area is 92.7 Å². The van der Waals surface area contributed by atoms with E-state index in [9.17, 15) is 0 Å². The van der Waals surface area contributed by atoms with Gasteiger partial charge in [-0.05, 0) is 30.5 Å². The third kappa shape index (κ3) is 1.82. The van der Waals surface area contributed by atoms with E-state index in [1.54, 1.807) is 0 Å². The van der Waals surface area contributed by atoms with Gasteiger partial charge in [0.1, 0.15) is 0 Å². The van der Waals surface area contributed by atoms with Gasteiger partial charge < -0.3 is 5.01 Å². The molecule has 1 aliphatic carbocycles. The first-order valence-corrected chi connectivity index (χ1v) is 5.50. The van der Waals surface area contributed by atoms with Crippen molar-refractivity contribution >= 4 is 21.6 Å². The van der Waals surface area contributed by atoms with Crippen LogP contribution in [-0.2, 0) is 6.42 Å². The van der Waals surface area contributed by atoms with Crippen molar-refractivity contribution in [2.24, 2.45) is 5.10 Å². The second-order valence-electron chi connectivity index (χ2n) is 3.70. The molecule has 2 nitrogen and oxygen atoms in total. The maximum Gasteiger partial charge on any atom is 0.0683 e. The van der Waals surface area contributed by atoms with Crippen LogP contribution < -0.4 is 0 Å². The number of aryl methyl sites for hydroxylation is 1. The van der Waals surface area contributed by atoms with E-state index in [4.69, 9.17) is 0 Å². The van der Waals surface area contributed by atoms with Crippen molar-refractivity contribution in [2.45, 2.75) is 12.8 Å². The van der Waals surface area contributed by atoms with E-state index in [1.807, 2.05) is 19.1 Å². The third-order valence-corrected chi connectivity index (χ3v) is 2.83. The van der Waals surface area contributed by atoms with Gasteiger partial charge in [0.25, 0.3) is 0 Å². The fraction of sp³-hybridized carbons (Fsp3) is 0.364. The summed E-state index contributed by atoms with van der Waals surface area (Å²) in [5, 5.41) is 6.35. The topological polar surface area (TPSA) is 15.6 Å². The Morgan fingerprint density at radius 2 is 2.07 bits per heavy atom. The van der Waals surface area contributed by atoms with Crippen molar-refractivity contribution < 1.29 is 0 Å². The van der Waals surface area contributed by atoms with Crippen LogP contribution in [0.2, 0.25) is 0 Å². The van der Waals surface area contributed by atoms with Crippen LogP contribution in [0.15, 0.2) is 27.8 Å². The fourth-order valence-corrected chi connectivity index (χ4v) is 2.13. The van der Waals surface area contributed by atoms with Gasteiger partial charge in [-0.3, -0.25) is 0 Å². The molecule has 0 atom stereocenters. The van der Waals surface area contributed by atoms with Crippen LogP contribution in [0.1, 0.15) is 17.5 Å². The Balaban J connectivity index is 2.43. The largest absolute Gasteiger partial charge is 0.303 e. The standard InChI is InChI=1S/C11H13BrN2/c1-14(2)13-11-6-4-8-3-5-9(12)7-10(8)11/h3,5,7H,4,6H2,1-2H3. The smallest absolute Gasteiger partial charge is 0.0683 e. The SMILES string of the molecule is CN(C)N=C1CCc2ccc(Br)cc21. The number of nitrogens with zero attached hydrogens (tertiary/aromatic N) is 2. The maximum absolute atomic E-state index is 4.49. The summed E-state index contributed by atoms with van der Waals surface area (Å²) in [4.78, 5) is 0. The Morgan fingerprint density at radius 3 is 2.79 bits per heavy atom. The number of halogens is 1. The molecule has 0 radical (unpaired) electrons. The number of hydrogen-bond acceptors (Lipinski definition) is 2. The van der Waals surface area contributed by atoms with Crippen LogP contribution >= 0.6 is 15.9 Å². The fourth-order valence-electron chi connectivity index (χ4n) is 1.77. The zero-order valence-corrected chi connectivity index (χ0v) is 10.0. The monoisotopic (exact) mass is 252 g/mol. The lowest BCUT2D eigenvalue weighted by Crippen LogP contribution is -2.07. The summed E-state index contributed by atoms with van der Waals surface area (Å²) in [6.07, 6.45) is 2.18. The van der Waals surface area contributed by atoms with Crippen molar-refractivity contribution in [2.75, 3.05) is 14.1 Å². The van der Waals surface area contributed by atoms with Crippen molar-refractivity contribution in [3.05, 3.63) is 33.8 Å². The van der Waals surface area contributed by atoms with Gasteiger partial charge in [0.05, 0.1) is 5.71 Å². The Bertz CT molecular complexity index is 383. The number of benzene rings is 1. The van der Waals surface area contributed by atoms with E-state index in [2.05, 4.69) is 39.2 Å². The molecule has 0 saturated carbocycles. The molecule has 0 amide bonds. The number of hydrazone groups is 1. The molecule has 0 spiro atoms. The molecule has 0 saturated heterocycles. The third-order valence-electron chi connectivity index (χ3n) is 2.33. The Morgan fingerprint density at radius 1 is 1.29 bits per heavy atom. The van der Waals surface area contributed by atoms with Gasteiger partial charge in [0.2, 0.25) is 0 Å². The molecule has 0 N–H and O–H groups in total. The second kappa shape index (κ2) is 3.73. The molecule has 74 valence electrons. The lowest BCUT2D eigenvalue weighted by Gasteiger charge is -2.07. The Kier molecular flexibility index (Phi) is 2.59. The van der Waals surface area contributed by atoms with Crippen molar-refractivity contribution in [3.63, 3.8) is 0 Å². The van der Waals surface area contributed by atoms with Crippen LogP contribution in [0.5, 0.6) is 0 Å². The summed E-state index contributed by atoms with van der Waals surface area (Å²) in [6.45, 7) is 0. The highest BCUT2D eigenvalue weighted by atomic mass is 79.9. The first kappa shape index (κ1) is 9.71. The molecular weight excluding hydrogens is 240 g/mol. The van der Waals surface area contributed by atoms with Crippen LogP contribution in [0, 0.1) is 0 Å². The van der Waals surface area contributed by atoms with E-state index >= 15 is 0 Å². The first-order valence-electron chi connectivity index (χ1n) is 4.70. The summed E-state index contributed by atoms with van der Waals surface area (Å²) in [5.74, 6) is 0. The van der Waals surface area contributed by atoms with Crippen molar-refractivity contribution in [1.82, 2.24) is 5.01 Å². The van der Waals surface area contributed by atoms with E-state index in [1.165, 1.54) is 16.8 Å². The van der Waals surface area contributed by atoms with E-state index in [0.717, 1.165) is 17.3 Å². The highest BCUT2D eigenvalue weighted by Gasteiger charge is 2.17. The van der Waals surface area contributed by atoms with Crippen molar-refractivity contribution in [1.29, 1.82) is 0 Å². The maximum atomic E-state index is 4.49. The van der Waals surface area contributed by atoms with Gasteiger partial charge in [-0.15, -0.1) is 0 Å². The highest BCUT2D eigenvalue weighted by Crippen LogP contribution is 2.25. The zero-order valence-electron chi connectivity index (χ0n) is 8.42. The molecule has 1 aromatic rings. The predicted molar refractivity (Wildman–Crippen MR) is 62.7 cm³/mol. The van der Waals surface area contributed by atoms with Gasteiger partial charge in [0, 0.05) is 24.1 Å². The number of fused-ring (bicyclic) bond motifs is 1. The summed E-state index contributed by atoms with van der Waals surface area (Å²) < 4.78 is 1.13. The summed E-state index contributed by atoms with van der Waals surface area (Å²) in [5.41, 5.74) is 3.91. The zero-order chi connectivity index (χ0) is 10.1. The van der Waals surface area contributed by atoms with E-state index in [-0.39, 0.29) is 0 Å².